The summed E-state index contributed by atoms with van der Waals surface area (Å²) in [5.41, 5.74) is 2.37. The third-order valence-electron chi connectivity index (χ3n) is 3.91. The molecule has 8 heteroatoms. The lowest BCUT2D eigenvalue weighted by Gasteiger charge is -2.30. The molecule has 0 saturated carbocycles. The minimum atomic E-state index is -3.50. The number of rotatable bonds is 6. The number of nitrogen functional groups attached to an aromatic ring is 1. The van der Waals surface area contributed by atoms with Crippen molar-refractivity contribution in [2.75, 3.05) is 31.6 Å². The van der Waals surface area contributed by atoms with Crippen LogP contribution in [0.4, 0.5) is 5.82 Å². The van der Waals surface area contributed by atoms with E-state index in [1.54, 1.807) is 0 Å². The molecular formula is C13H23N5O2S. The molecule has 2 heterocycles. The average molecular weight is 313 g/mol. The molecule has 1 aliphatic rings. The van der Waals surface area contributed by atoms with Gasteiger partial charge in [-0.3, -0.25) is 0 Å². The maximum Gasteiger partial charge on any atom is 0.242 e. The average Bonchev–Trinajstić information content (AvgIpc) is 2.53. The lowest BCUT2D eigenvalue weighted by Crippen LogP contribution is -2.38. The summed E-state index contributed by atoms with van der Waals surface area (Å²) in [6, 6.07) is 3.03. The van der Waals surface area contributed by atoms with Gasteiger partial charge in [0.05, 0.1) is 0 Å². The summed E-state index contributed by atoms with van der Waals surface area (Å²) in [6.07, 6.45) is 3.37. The van der Waals surface area contributed by atoms with E-state index < -0.39 is 10.0 Å². The number of piperidine rings is 1. The van der Waals surface area contributed by atoms with Crippen molar-refractivity contribution in [3.05, 3.63) is 18.3 Å². The van der Waals surface area contributed by atoms with Gasteiger partial charge in [-0.2, -0.15) is 0 Å². The Morgan fingerprint density at radius 2 is 2.10 bits per heavy atom. The number of aromatic nitrogens is 1. The maximum atomic E-state index is 12.2. The molecule has 1 aromatic heterocycles. The molecule has 4 N–H and O–H groups in total. The van der Waals surface area contributed by atoms with Crippen molar-refractivity contribution in [1.82, 2.24) is 14.6 Å². The van der Waals surface area contributed by atoms with E-state index in [0.717, 1.165) is 32.5 Å². The van der Waals surface area contributed by atoms with Gasteiger partial charge in [-0.25, -0.2) is 24.0 Å². The van der Waals surface area contributed by atoms with Gasteiger partial charge in [0.25, 0.3) is 0 Å². The first kappa shape index (κ1) is 16.2. The van der Waals surface area contributed by atoms with E-state index in [-0.39, 0.29) is 4.90 Å². The van der Waals surface area contributed by atoms with Crippen LogP contribution in [0.5, 0.6) is 0 Å². The van der Waals surface area contributed by atoms with Gasteiger partial charge in [-0.05, 0) is 50.5 Å². The molecule has 1 aliphatic heterocycles. The highest BCUT2D eigenvalue weighted by molar-refractivity contribution is 7.89. The summed E-state index contributed by atoms with van der Waals surface area (Å²) in [5, 5.41) is 0. The van der Waals surface area contributed by atoms with Crippen LogP contribution >= 0.6 is 0 Å². The van der Waals surface area contributed by atoms with Gasteiger partial charge in [0.1, 0.15) is 10.7 Å². The molecule has 0 spiro atoms. The number of pyridine rings is 1. The Bertz CT molecular complexity index is 538. The van der Waals surface area contributed by atoms with Gasteiger partial charge in [-0.1, -0.05) is 6.92 Å². The smallest absolute Gasteiger partial charge is 0.242 e. The molecule has 7 nitrogen and oxygen atoms in total. The minimum absolute atomic E-state index is 0.160. The first-order valence-electron chi connectivity index (χ1n) is 7.20. The van der Waals surface area contributed by atoms with Crippen molar-refractivity contribution in [2.24, 2.45) is 11.8 Å². The van der Waals surface area contributed by atoms with Crippen LogP contribution in [0.3, 0.4) is 0 Å². The van der Waals surface area contributed by atoms with Crippen LogP contribution in [0.2, 0.25) is 0 Å². The summed E-state index contributed by atoms with van der Waals surface area (Å²) in [6.45, 7) is 5.78. The van der Waals surface area contributed by atoms with Crippen LogP contribution < -0.4 is 16.0 Å². The van der Waals surface area contributed by atoms with Gasteiger partial charge in [0, 0.05) is 12.7 Å². The number of likely N-dealkylation sites (tertiary alicyclic amines) is 1. The predicted octanol–water partition coefficient (Wildman–Crippen LogP) is 0.377. The van der Waals surface area contributed by atoms with Crippen LogP contribution in [0.15, 0.2) is 23.2 Å². The van der Waals surface area contributed by atoms with Crippen molar-refractivity contribution < 1.29 is 8.42 Å². The predicted molar refractivity (Wildman–Crippen MR) is 82.1 cm³/mol. The van der Waals surface area contributed by atoms with Crippen LogP contribution in [-0.2, 0) is 10.0 Å². The Hall–Kier alpha value is -1.22. The highest BCUT2D eigenvalue weighted by Crippen LogP contribution is 2.17. The third kappa shape index (κ3) is 4.37. The highest BCUT2D eigenvalue weighted by atomic mass is 32.2. The maximum absolute atomic E-state index is 12.2. The van der Waals surface area contributed by atoms with E-state index in [4.69, 9.17) is 5.84 Å². The number of sulfonamides is 1. The quantitative estimate of drug-likeness (QED) is 0.518. The summed E-state index contributed by atoms with van der Waals surface area (Å²) >= 11 is 0. The van der Waals surface area contributed by atoms with E-state index >= 15 is 0 Å². The summed E-state index contributed by atoms with van der Waals surface area (Å²) < 4.78 is 27.0. The van der Waals surface area contributed by atoms with Crippen LogP contribution in [0, 0.1) is 5.92 Å². The summed E-state index contributed by atoms with van der Waals surface area (Å²) in [7, 11) is -3.50. The normalized spacial score (nSPS) is 17.8. The Morgan fingerprint density at radius 3 is 2.62 bits per heavy atom. The van der Waals surface area contributed by atoms with E-state index in [1.807, 2.05) is 0 Å². The van der Waals surface area contributed by atoms with Gasteiger partial charge in [0.2, 0.25) is 10.0 Å². The molecule has 0 unspecified atom stereocenters. The second kappa shape index (κ2) is 7.17. The Morgan fingerprint density at radius 1 is 1.38 bits per heavy atom. The molecule has 21 heavy (non-hydrogen) atoms. The molecule has 0 bridgehead atoms. The second-order valence-electron chi connectivity index (χ2n) is 5.25. The fourth-order valence-electron chi connectivity index (χ4n) is 2.44. The topological polar surface area (TPSA) is 100 Å². The fourth-order valence-corrected chi connectivity index (χ4v) is 3.50. The number of nitrogens with one attached hydrogen (secondary N) is 2. The SMILES string of the molecule is CCN1CCC(CNS(=O)(=O)c2ccc(NN)nc2)CC1. The van der Waals surface area contributed by atoms with E-state index in [1.165, 1.54) is 18.3 Å². The summed E-state index contributed by atoms with van der Waals surface area (Å²) in [4.78, 5) is 6.46. The molecule has 0 aromatic carbocycles. The second-order valence-corrected chi connectivity index (χ2v) is 7.02. The van der Waals surface area contributed by atoms with Crippen molar-refractivity contribution in [2.45, 2.75) is 24.7 Å². The molecule has 0 atom stereocenters. The molecule has 1 aromatic rings. The van der Waals surface area contributed by atoms with E-state index in [9.17, 15) is 8.42 Å². The number of nitrogens with two attached hydrogens (primary N) is 1. The van der Waals surface area contributed by atoms with E-state index in [2.05, 4.69) is 27.0 Å². The molecule has 2 rings (SSSR count). The lowest BCUT2D eigenvalue weighted by atomic mass is 9.97. The first-order chi connectivity index (χ1) is 10.0. The van der Waals surface area contributed by atoms with Gasteiger partial charge < -0.3 is 10.3 Å². The first-order valence-corrected chi connectivity index (χ1v) is 8.68. The van der Waals surface area contributed by atoms with Crippen LogP contribution in [0.1, 0.15) is 19.8 Å². The lowest BCUT2D eigenvalue weighted by molar-refractivity contribution is 0.194. The Balaban J connectivity index is 1.89. The number of hydrogen-bond donors (Lipinski definition) is 3. The monoisotopic (exact) mass is 313 g/mol. The number of hydrogen-bond acceptors (Lipinski definition) is 6. The van der Waals surface area contributed by atoms with Crippen LogP contribution in [-0.4, -0.2) is 44.5 Å². The van der Waals surface area contributed by atoms with E-state index in [0.29, 0.717) is 18.3 Å². The largest absolute Gasteiger partial charge is 0.308 e. The molecular weight excluding hydrogens is 290 g/mol. The standard InChI is InChI=1S/C13H23N5O2S/c1-2-18-7-5-11(6-8-18)9-16-21(19,20)12-3-4-13(17-14)15-10-12/h3-4,10-11,16H,2,5-9,14H2,1H3,(H,15,17). The Labute approximate surface area is 125 Å². The molecule has 1 saturated heterocycles. The molecule has 0 aliphatic carbocycles. The van der Waals surface area contributed by atoms with Gasteiger partial charge >= 0.3 is 0 Å². The molecule has 0 radical (unpaired) electrons. The van der Waals surface area contributed by atoms with Crippen molar-refractivity contribution in [3.63, 3.8) is 0 Å². The third-order valence-corrected chi connectivity index (χ3v) is 5.32. The van der Waals surface area contributed by atoms with Crippen molar-refractivity contribution in [3.8, 4) is 0 Å². The fraction of sp³-hybridized carbons (Fsp3) is 0.615. The number of anilines is 1. The zero-order valence-electron chi connectivity index (χ0n) is 12.2. The molecule has 0 amide bonds. The van der Waals surface area contributed by atoms with Crippen LogP contribution in [0.25, 0.3) is 0 Å². The van der Waals surface area contributed by atoms with Gasteiger partial charge in [0.15, 0.2) is 0 Å². The molecule has 118 valence electrons. The number of hydrazine groups is 1. The minimum Gasteiger partial charge on any atom is -0.308 e. The zero-order chi connectivity index (χ0) is 15.3. The van der Waals surface area contributed by atoms with Gasteiger partial charge in [-0.15, -0.1) is 0 Å². The Kier molecular flexibility index (Phi) is 5.51. The van der Waals surface area contributed by atoms with Crippen molar-refractivity contribution in [1.29, 1.82) is 0 Å². The molecule has 1 fully saturated rings. The zero-order valence-corrected chi connectivity index (χ0v) is 13.1. The summed E-state index contributed by atoms with van der Waals surface area (Å²) in [5.74, 6) is 6.04. The van der Waals surface area contributed by atoms with Crippen molar-refractivity contribution >= 4 is 15.8 Å². The number of nitrogens with zero attached hydrogens (tertiary/aromatic N) is 2. The highest BCUT2D eigenvalue weighted by Gasteiger charge is 2.21.